The van der Waals surface area contributed by atoms with Crippen molar-refractivity contribution < 1.29 is 33.8 Å². The molecule has 0 saturated carbocycles. The number of aromatic nitrogens is 7. The molecule has 8 rings (SSSR count). The Morgan fingerprint density at radius 3 is 2.25 bits per heavy atom. The lowest BCUT2D eigenvalue weighted by atomic mass is 9.85. The number of anilines is 4. The Kier molecular flexibility index (Phi) is 20.6. The van der Waals surface area contributed by atoms with Gasteiger partial charge in [-0.1, -0.05) is 88.6 Å². The quantitative estimate of drug-likeness (QED) is 0.0278. The summed E-state index contributed by atoms with van der Waals surface area (Å²) in [5, 5.41) is 38.6. The molecule has 2 saturated heterocycles. The van der Waals surface area contributed by atoms with Gasteiger partial charge in [-0.2, -0.15) is 5.10 Å². The molecule has 4 atom stereocenters. The minimum atomic E-state index is -0.885. The van der Waals surface area contributed by atoms with Crippen LogP contribution >= 0.6 is 11.3 Å². The van der Waals surface area contributed by atoms with E-state index in [9.17, 15) is 29.1 Å². The molecule has 2 aromatic carbocycles. The molecule has 2 unspecified atom stereocenters. The average molecular weight is 1150 g/mol. The number of piperidine rings is 1. The fraction of sp³-hybridized carbons (Fsp3) is 0.459. The van der Waals surface area contributed by atoms with Crippen LogP contribution < -0.4 is 31.3 Å². The summed E-state index contributed by atoms with van der Waals surface area (Å²) in [7, 11) is 4.85. The molecule has 6 heterocycles. The lowest BCUT2D eigenvalue weighted by Crippen LogP contribution is -2.57. The maximum atomic E-state index is 14.1. The summed E-state index contributed by atoms with van der Waals surface area (Å²) in [6.07, 6.45) is 10.0. The predicted molar refractivity (Wildman–Crippen MR) is 319 cm³/mol. The zero-order valence-corrected chi connectivity index (χ0v) is 49.4. The van der Waals surface area contributed by atoms with Gasteiger partial charge in [0.2, 0.25) is 23.6 Å². The van der Waals surface area contributed by atoms with Crippen molar-refractivity contribution in [2.45, 2.75) is 129 Å². The average Bonchev–Trinajstić information content (AvgIpc) is 4.38. The van der Waals surface area contributed by atoms with E-state index in [2.05, 4.69) is 68.7 Å². The number of para-hydroxylation sites is 1. The number of benzene rings is 2. The number of carbonyl (C=O) groups excluding carboxylic acids is 5. The normalized spacial score (nSPS) is 16.1. The molecule has 0 spiro atoms. The topological polar surface area (TPSA) is 264 Å². The van der Waals surface area contributed by atoms with E-state index in [4.69, 9.17) is 4.74 Å². The lowest BCUT2D eigenvalue weighted by molar-refractivity contribution is -0.144. The molecule has 2 aliphatic rings. The van der Waals surface area contributed by atoms with Gasteiger partial charge >= 0.3 is 0 Å². The minimum absolute atomic E-state index is 0.00928. The van der Waals surface area contributed by atoms with Gasteiger partial charge in [0.25, 0.3) is 5.91 Å². The first kappa shape index (κ1) is 60.8. The van der Waals surface area contributed by atoms with Crippen LogP contribution in [-0.4, -0.2) is 131 Å². The molecule has 4 aromatic heterocycles. The Hall–Kier alpha value is -8.29. The largest absolute Gasteiger partial charge is 0.494 e. The Labute approximate surface area is 489 Å². The number of hydrogen-bond acceptors (Lipinski definition) is 16. The number of methoxy groups -OCH3 is 1. The Balaban J connectivity index is 0.717. The smallest absolute Gasteiger partial charge is 0.273 e. The number of β-amino-alcohol motifs (C(OH)–C–C–N with tert-alkyl or cyclic N) is 1. The summed E-state index contributed by atoms with van der Waals surface area (Å²) >= 11 is 1.58. The molecule has 21 nitrogen and oxygen atoms in total. The molecular formula is C61H76N14O7S. The van der Waals surface area contributed by atoms with Gasteiger partial charge in [-0.15, -0.1) is 21.5 Å². The number of nitrogens with one attached hydrogen (secondary N) is 5. The molecular weight excluding hydrogens is 1070 g/mol. The van der Waals surface area contributed by atoms with E-state index in [0.29, 0.717) is 66.1 Å². The van der Waals surface area contributed by atoms with Gasteiger partial charge in [0.05, 0.1) is 52.3 Å². The van der Waals surface area contributed by atoms with Crippen molar-refractivity contribution in [3.05, 3.63) is 101 Å². The molecule has 2 aliphatic heterocycles. The molecule has 22 heteroatoms. The monoisotopic (exact) mass is 1150 g/mol. The van der Waals surface area contributed by atoms with E-state index in [1.165, 1.54) is 11.9 Å². The number of nitrogens with zero attached hydrogens (tertiary/aromatic N) is 9. The van der Waals surface area contributed by atoms with Crippen LogP contribution in [0.2, 0.25) is 0 Å². The van der Waals surface area contributed by atoms with E-state index in [1.54, 1.807) is 54.8 Å². The lowest BCUT2D eigenvalue weighted by Gasteiger charge is -2.35. The number of likely N-dealkylation sites (tertiary alicyclic amines) is 2. The van der Waals surface area contributed by atoms with Gasteiger partial charge in [-0.3, -0.25) is 28.7 Å². The maximum absolute atomic E-state index is 14.1. The third-order valence-electron chi connectivity index (χ3n) is 15.0. The van der Waals surface area contributed by atoms with E-state index in [-0.39, 0.29) is 60.7 Å². The van der Waals surface area contributed by atoms with E-state index in [1.807, 2.05) is 93.6 Å². The summed E-state index contributed by atoms with van der Waals surface area (Å²) in [4.78, 5) is 84.8. The first-order valence-corrected chi connectivity index (χ1v) is 29.3. The van der Waals surface area contributed by atoms with Crippen LogP contribution in [0.1, 0.15) is 132 Å². The number of aliphatic hydroxyl groups is 1. The van der Waals surface area contributed by atoms with Crippen LogP contribution in [0.4, 0.5) is 23.0 Å². The van der Waals surface area contributed by atoms with Crippen molar-refractivity contribution in [2.75, 3.05) is 44.4 Å². The van der Waals surface area contributed by atoms with Crippen molar-refractivity contribution >= 4 is 63.9 Å². The van der Waals surface area contributed by atoms with Crippen molar-refractivity contribution in [3.63, 3.8) is 0 Å². The molecule has 0 aliphatic carbocycles. The Bertz CT molecular complexity index is 3290. The number of carbonyl (C=O) groups is 5. The molecule has 83 heavy (non-hydrogen) atoms. The first-order valence-electron chi connectivity index (χ1n) is 28.4. The van der Waals surface area contributed by atoms with Crippen molar-refractivity contribution in [3.8, 4) is 39.4 Å². The van der Waals surface area contributed by atoms with Gasteiger partial charge in [-0.05, 0) is 80.3 Å². The number of rotatable bonds is 22. The molecule has 2 fully saturated rings. The Morgan fingerprint density at radius 2 is 1.60 bits per heavy atom. The molecule has 6 N–H and O–H groups in total. The molecule has 5 amide bonds. The second kappa shape index (κ2) is 28.1. The predicted octanol–water partition coefficient (Wildman–Crippen LogP) is 8.04. The fourth-order valence-electron chi connectivity index (χ4n) is 10.3. The zero-order valence-electron chi connectivity index (χ0n) is 48.6. The standard InChI is InChI=1S/C61H76N14O7S/c1-38(42-23-25-43(26-24-42)55-39(2)65-37-83-55)66-58(79)48-32-44(76)35-75(48)60(81)56(61(3,4)5)69-51(77)18-13-11-9-10-12-14-19-52(78)74-30-28-40(29-31-74)20-21-41-22-27-49(63-34-41)68-50-33-47(53(71-70-50)59(80)62-6)67-46-17-15-16-45(54(46)82-8)57-64-36-73(7)72-57/h15-17,22-27,33-34,36-38,40,44,48,56,76H,9-14,18-19,28-32,35H2,1-8H3,(H,62,80)(H,66,79)(H,69,77)(H2,63,67,68,70)/t38?,44-,48+,56?/m1/s1. The molecule has 438 valence electrons. The third-order valence-corrected chi connectivity index (χ3v) is 15.9. The van der Waals surface area contributed by atoms with Gasteiger partial charge in [0.1, 0.15) is 24.2 Å². The van der Waals surface area contributed by atoms with E-state index >= 15 is 0 Å². The van der Waals surface area contributed by atoms with Crippen LogP contribution in [0, 0.1) is 30.1 Å². The molecule has 0 bridgehead atoms. The minimum Gasteiger partial charge on any atom is -0.494 e. The van der Waals surface area contributed by atoms with Crippen LogP contribution in [0.3, 0.4) is 0 Å². The summed E-state index contributed by atoms with van der Waals surface area (Å²) in [5.74, 6) is 7.39. The number of hydrogen-bond donors (Lipinski definition) is 6. The number of amides is 5. The number of thiazole rings is 1. The number of unbranched alkanes of at least 4 members (excludes halogenated alkanes) is 5. The Morgan fingerprint density at radius 1 is 0.867 bits per heavy atom. The maximum Gasteiger partial charge on any atom is 0.273 e. The second-order valence-corrected chi connectivity index (χ2v) is 23.2. The van der Waals surface area contributed by atoms with Crippen LogP contribution in [0.5, 0.6) is 5.75 Å². The first-order chi connectivity index (χ1) is 39.9. The van der Waals surface area contributed by atoms with Gasteiger partial charge in [0.15, 0.2) is 23.1 Å². The SMILES string of the molecule is CNC(=O)c1nnc(Nc2ccc(C#CC3CCN(C(=O)CCCCCCCCC(=O)NC(C(=O)N4C[C@H](O)C[C@H]4C(=O)NC(C)c4ccc(-c5scnc5C)cc4)C(C)(C)C)CC3)cn2)cc1Nc1cccc(-c2ncn(C)n2)c1OC. The summed E-state index contributed by atoms with van der Waals surface area (Å²) in [6, 6.07) is 16.7. The summed E-state index contributed by atoms with van der Waals surface area (Å²) in [6.45, 7) is 10.9. The van der Waals surface area contributed by atoms with Crippen molar-refractivity contribution in [1.29, 1.82) is 0 Å². The summed E-state index contributed by atoms with van der Waals surface area (Å²) in [5.41, 5.74) is 6.54. The van der Waals surface area contributed by atoms with Crippen LogP contribution in [0.15, 0.2) is 78.7 Å². The van der Waals surface area contributed by atoms with Gasteiger partial charge < -0.3 is 46.2 Å². The van der Waals surface area contributed by atoms with E-state index in [0.717, 1.165) is 72.2 Å². The van der Waals surface area contributed by atoms with Crippen LogP contribution in [0.25, 0.3) is 21.8 Å². The zero-order chi connectivity index (χ0) is 59.2. The van der Waals surface area contributed by atoms with Crippen LogP contribution in [-0.2, 0) is 26.2 Å². The van der Waals surface area contributed by atoms with E-state index < -0.39 is 29.5 Å². The highest BCUT2D eigenvalue weighted by Gasteiger charge is 2.45. The van der Waals surface area contributed by atoms with Crippen molar-refractivity contribution in [2.24, 2.45) is 18.4 Å². The highest BCUT2D eigenvalue weighted by molar-refractivity contribution is 7.13. The molecule has 6 aromatic rings. The number of aliphatic hydroxyl groups excluding tert-OH is 1. The molecule has 0 radical (unpaired) electrons. The number of ether oxygens (including phenoxy) is 1. The highest BCUT2D eigenvalue weighted by Crippen LogP contribution is 2.38. The fourth-order valence-corrected chi connectivity index (χ4v) is 11.1. The van der Waals surface area contributed by atoms with Crippen molar-refractivity contribution in [1.82, 2.24) is 60.7 Å². The van der Waals surface area contributed by atoms with Gasteiger partial charge in [0, 0.05) is 76.7 Å². The number of pyridine rings is 1. The summed E-state index contributed by atoms with van der Waals surface area (Å²) < 4.78 is 7.36. The third kappa shape index (κ3) is 16.0. The number of aryl methyl sites for hydroxylation is 2. The second-order valence-electron chi connectivity index (χ2n) is 22.3. The highest BCUT2D eigenvalue weighted by atomic mass is 32.1. The van der Waals surface area contributed by atoms with Gasteiger partial charge in [-0.25, -0.2) is 15.0 Å².